The molecule has 0 bridgehead atoms. The van der Waals surface area contributed by atoms with Gasteiger partial charge < -0.3 is 4.90 Å². The summed E-state index contributed by atoms with van der Waals surface area (Å²) in [6.45, 7) is 4.33. The van der Waals surface area contributed by atoms with E-state index in [1.54, 1.807) is 40.2 Å². The summed E-state index contributed by atoms with van der Waals surface area (Å²) in [5, 5.41) is 1.69. The number of hydrogen-bond acceptors (Lipinski definition) is 6. The SMILES string of the molecule is O=C(c1sccc1S(=O)(=O)N1CCSCC1)N1CCCN(Cc2ccc(F)cc2)CC1. The average Bonchev–Trinajstić information content (AvgIpc) is 3.17. The molecule has 0 radical (unpaired) electrons. The molecule has 0 spiro atoms. The number of thioether (sulfide) groups is 1. The Kier molecular flexibility index (Phi) is 7.33. The normalized spacial score (nSPS) is 19.3. The van der Waals surface area contributed by atoms with Gasteiger partial charge in [-0.25, -0.2) is 12.8 Å². The smallest absolute Gasteiger partial charge is 0.265 e. The van der Waals surface area contributed by atoms with Crippen molar-refractivity contribution in [3.63, 3.8) is 0 Å². The molecular weight excluding hydrogens is 457 g/mol. The summed E-state index contributed by atoms with van der Waals surface area (Å²) in [5.74, 6) is 1.11. The molecule has 2 aromatic rings. The summed E-state index contributed by atoms with van der Waals surface area (Å²) in [6, 6.07) is 8.05. The van der Waals surface area contributed by atoms with Crippen molar-refractivity contribution >= 4 is 39.0 Å². The lowest BCUT2D eigenvalue weighted by Gasteiger charge is -2.26. The molecule has 2 saturated heterocycles. The van der Waals surface area contributed by atoms with E-state index in [2.05, 4.69) is 4.90 Å². The Morgan fingerprint density at radius 3 is 2.45 bits per heavy atom. The van der Waals surface area contributed by atoms with Crippen molar-refractivity contribution in [3.05, 3.63) is 52.0 Å². The van der Waals surface area contributed by atoms with Crippen LogP contribution in [0.1, 0.15) is 21.7 Å². The maximum atomic E-state index is 13.3. The second-order valence-electron chi connectivity index (χ2n) is 7.68. The second kappa shape index (κ2) is 9.99. The first kappa shape index (κ1) is 22.7. The van der Waals surface area contributed by atoms with Gasteiger partial charge in [0.25, 0.3) is 5.91 Å². The Morgan fingerprint density at radius 2 is 1.71 bits per heavy atom. The van der Waals surface area contributed by atoms with Crippen molar-refractivity contribution in [2.45, 2.75) is 17.9 Å². The van der Waals surface area contributed by atoms with E-state index in [1.807, 2.05) is 0 Å². The quantitative estimate of drug-likeness (QED) is 0.655. The largest absolute Gasteiger partial charge is 0.337 e. The number of carbonyl (C=O) groups is 1. The van der Waals surface area contributed by atoms with Gasteiger partial charge in [0.15, 0.2) is 0 Å². The molecule has 0 unspecified atom stereocenters. The third-order valence-electron chi connectivity index (χ3n) is 5.61. The van der Waals surface area contributed by atoms with Crippen molar-refractivity contribution in [1.82, 2.24) is 14.1 Å². The highest BCUT2D eigenvalue weighted by molar-refractivity contribution is 7.99. The van der Waals surface area contributed by atoms with Crippen molar-refractivity contribution in [3.8, 4) is 0 Å². The molecule has 1 aromatic carbocycles. The molecule has 2 aliphatic heterocycles. The highest BCUT2D eigenvalue weighted by Gasteiger charge is 2.33. The molecular formula is C21H26FN3O3S3. The first-order valence-electron chi connectivity index (χ1n) is 10.4. The van der Waals surface area contributed by atoms with E-state index < -0.39 is 10.0 Å². The van der Waals surface area contributed by atoms with Gasteiger partial charge in [-0.2, -0.15) is 16.1 Å². The summed E-state index contributed by atoms with van der Waals surface area (Å²) < 4.78 is 40.9. The van der Waals surface area contributed by atoms with Gasteiger partial charge in [-0.05, 0) is 35.6 Å². The van der Waals surface area contributed by atoms with E-state index in [1.165, 1.54) is 27.8 Å². The van der Waals surface area contributed by atoms with Crippen LogP contribution in [-0.2, 0) is 16.6 Å². The van der Waals surface area contributed by atoms with Gasteiger partial charge >= 0.3 is 0 Å². The molecule has 6 nitrogen and oxygen atoms in total. The van der Waals surface area contributed by atoms with Crippen LogP contribution in [0.2, 0.25) is 0 Å². The van der Waals surface area contributed by atoms with Crippen LogP contribution in [0.15, 0.2) is 40.6 Å². The predicted molar refractivity (Wildman–Crippen MR) is 123 cm³/mol. The summed E-state index contributed by atoms with van der Waals surface area (Å²) in [6.07, 6.45) is 0.809. The van der Waals surface area contributed by atoms with E-state index in [0.717, 1.165) is 30.0 Å². The lowest BCUT2D eigenvalue weighted by molar-refractivity contribution is 0.0762. The Morgan fingerprint density at radius 1 is 0.968 bits per heavy atom. The minimum Gasteiger partial charge on any atom is -0.337 e. The minimum atomic E-state index is -3.66. The highest BCUT2D eigenvalue weighted by atomic mass is 32.2. The molecule has 1 aromatic heterocycles. The van der Waals surface area contributed by atoms with Gasteiger partial charge in [-0.3, -0.25) is 9.69 Å². The Bertz CT molecular complexity index is 1000. The van der Waals surface area contributed by atoms with E-state index in [-0.39, 0.29) is 16.6 Å². The van der Waals surface area contributed by atoms with Crippen molar-refractivity contribution in [2.75, 3.05) is 50.8 Å². The summed E-state index contributed by atoms with van der Waals surface area (Å²) >= 11 is 2.95. The van der Waals surface area contributed by atoms with E-state index >= 15 is 0 Å². The maximum absolute atomic E-state index is 13.3. The van der Waals surface area contributed by atoms with Crippen LogP contribution < -0.4 is 0 Å². The standard InChI is InChI=1S/C21H26FN3O3S3/c22-18-4-2-17(3-5-18)16-23-7-1-8-24(10-9-23)21(26)20-19(6-13-30-20)31(27,28)25-11-14-29-15-12-25/h2-6,13H,1,7-12,14-16H2. The molecule has 31 heavy (non-hydrogen) atoms. The highest BCUT2D eigenvalue weighted by Crippen LogP contribution is 2.28. The van der Waals surface area contributed by atoms with Crippen molar-refractivity contribution < 1.29 is 17.6 Å². The molecule has 0 atom stereocenters. The van der Waals surface area contributed by atoms with Gasteiger partial charge in [0.05, 0.1) is 0 Å². The van der Waals surface area contributed by atoms with E-state index in [9.17, 15) is 17.6 Å². The number of nitrogens with zero attached hydrogens (tertiary/aromatic N) is 3. The molecule has 10 heteroatoms. The van der Waals surface area contributed by atoms with E-state index in [4.69, 9.17) is 0 Å². The van der Waals surface area contributed by atoms with Gasteiger partial charge in [-0.15, -0.1) is 11.3 Å². The minimum absolute atomic E-state index is 0.141. The number of rotatable bonds is 5. The van der Waals surface area contributed by atoms with Crippen molar-refractivity contribution in [1.29, 1.82) is 0 Å². The van der Waals surface area contributed by atoms with Crippen LogP contribution in [0, 0.1) is 5.82 Å². The van der Waals surface area contributed by atoms with Crippen molar-refractivity contribution in [2.24, 2.45) is 0 Å². The number of sulfonamides is 1. The maximum Gasteiger partial charge on any atom is 0.265 e. The molecule has 0 N–H and O–H groups in total. The molecule has 0 aliphatic carbocycles. The summed E-state index contributed by atoms with van der Waals surface area (Å²) in [5.41, 5.74) is 1.03. The van der Waals surface area contributed by atoms with Crippen LogP contribution in [0.25, 0.3) is 0 Å². The topological polar surface area (TPSA) is 60.9 Å². The number of carbonyl (C=O) groups excluding carboxylic acids is 1. The van der Waals surface area contributed by atoms with Gasteiger partial charge in [0.1, 0.15) is 15.6 Å². The van der Waals surface area contributed by atoms with Gasteiger partial charge in [0.2, 0.25) is 10.0 Å². The van der Waals surface area contributed by atoms with Crippen LogP contribution in [0.5, 0.6) is 0 Å². The zero-order valence-electron chi connectivity index (χ0n) is 17.2. The average molecular weight is 484 g/mol. The molecule has 2 aliphatic rings. The molecule has 0 saturated carbocycles. The third-order valence-corrected chi connectivity index (χ3v) is 9.52. The lowest BCUT2D eigenvalue weighted by atomic mass is 10.2. The lowest BCUT2D eigenvalue weighted by Crippen LogP contribution is -2.39. The third kappa shape index (κ3) is 5.31. The Hall–Kier alpha value is -1.46. The number of benzene rings is 1. The summed E-state index contributed by atoms with van der Waals surface area (Å²) in [4.78, 5) is 17.7. The van der Waals surface area contributed by atoms with Crippen LogP contribution in [0.4, 0.5) is 4.39 Å². The fourth-order valence-corrected chi connectivity index (χ4v) is 7.84. The first-order chi connectivity index (χ1) is 14.9. The van der Waals surface area contributed by atoms with E-state index in [0.29, 0.717) is 44.1 Å². The number of halogens is 1. The van der Waals surface area contributed by atoms with Gasteiger partial charge in [-0.1, -0.05) is 12.1 Å². The number of hydrogen-bond donors (Lipinski definition) is 0. The van der Waals surface area contributed by atoms with Crippen LogP contribution >= 0.6 is 23.1 Å². The summed E-state index contributed by atoms with van der Waals surface area (Å²) in [7, 11) is -3.66. The Balaban J connectivity index is 1.43. The zero-order valence-corrected chi connectivity index (χ0v) is 19.7. The first-order valence-corrected chi connectivity index (χ1v) is 13.8. The molecule has 2 fully saturated rings. The molecule has 168 valence electrons. The molecule has 1 amide bonds. The fraction of sp³-hybridized carbons (Fsp3) is 0.476. The second-order valence-corrected chi connectivity index (χ2v) is 11.7. The van der Waals surface area contributed by atoms with Crippen LogP contribution in [-0.4, -0.2) is 79.2 Å². The number of amides is 1. The predicted octanol–water partition coefficient (Wildman–Crippen LogP) is 2.97. The van der Waals surface area contributed by atoms with Crippen LogP contribution in [0.3, 0.4) is 0 Å². The fourth-order valence-electron chi connectivity index (χ4n) is 3.91. The Labute approximate surface area is 191 Å². The zero-order chi connectivity index (χ0) is 21.8. The van der Waals surface area contributed by atoms with Gasteiger partial charge in [0, 0.05) is 57.3 Å². The molecule has 4 rings (SSSR count). The number of thiophene rings is 1. The molecule has 3 heterocycles. The monoisotopic (exact) mass is 483 g/mol.